The molecular weight excluding hydrogens is 340 g/mol. The normalized spacial score (nSPS) is 11.2. The highest BCUT2D eigenvalue weighted by Crippen LogP contribution is 2.13. The van der Waals surface area contributed by atoms with Crippen molar-refractivity contribution >= 4 is 0 Å². The highest BCUT2D eigenvalue weighted by Gasteiger charge is 2.04. The number of imidazole rings is 1. The maximum absolute atomic E-state index is 4.77. The van der Waals surface area contributed by atoms with E-state index in [9.17, 15) is 0 Å². The number of hydrogen-bond acceptors (Lipinski definition) is 1. The molecule has 0 radical (unpaired) electrons. The van der Waals surface area contributed by atoms with Crippen LogP contribution in [-0.2, 0) is 19.4 Å². The molecular formula is C26H42N2. The van der Waals surface area contributed by atoms with Crippen molar-refractivity contribution in [3.05, 3.63) is 53.6 Å². The molecule has 0 aliphatic carbocycles. The van der Waals surface area contributed by atoms with Gasteiger partial charge in [-0.05, 0) is 38.2 Å². The smallest absolute Gasteiger partial charge is 0.105 e. The summed E-state index contributed by atoms with van der Waals surface area (Å²) in [6, 6.07) is 10.8. The zero-order valence-electron chi connectivity index (χ0n) is 18.5. The van der Waals surface area contributed by atoms with Gasteiger partial charge in [-0.1, -0.05) is 101 Å². The minimum absolute atomic E-state index is 1.08. The number of rotatable bonds is 16. The fourth-order valence-corrected chi connectivity index (χ4v) is 3.99. The number of aryl methyl sites for hydroxylation is 4. The van der Waals surface area contributed by atoms with Crippen LogP contribution in [0.3, 0.4) is 0 Å². The van der Waals surface area contributed by atoms with Crippen LogP contribution >= 0.6 is 0 Å². The Balaban J connectivity index is 1.51. The first kappa shape index (κ1) is 22.7. The molecule has 2 heteroatoms. The summed E-state index contributed by atoms with van der Waals surface area (Å²) in [5, 5.41) is 0. The van der Waals surface area contributed by atoms with Crippen LogP contribution in [0.25, 0.3) is 0 Å². The summed E-state index contributed by atoms with van der Waals surface area (Å²) in [6.45, 7) is 5.58. The van der Waals surface area contributed by atoms with E-state index in [1.165, 1.54) is 94.1 Å². The standard InChI is InChI=1S/C26H42N2/c1-3-4-5-6-7-8-9-10-11-12-16-22-28-23-26(27-24(28)2)21-17-20-25-18-14-13-15-19-25/h13-15,18-19,23H,3-12,16-17,20-22H2,1-2H3. The van der Waals surface area contributed by atoms with Crippen LogP contribution in [0.15, 0.2) is 36.5 Å². The third-order valence-corrected chi connectivity index (χ3v) is 5.77. The van der Waals surface area contributed by atoms with Gasteiger partial charge in [0, 0.05) is 12.7 Å². The Kier molecular flexibility index (Phi) is 11.7. The Morgan fingerprint density at radius 2 is 1.32 bits per heavy atom. The average Bonchev–Trinajstić information content (AvgIpc) is 3.06. The summed E-state index contributed by atoms with van der Waals surface area (Å²) in [4.78, 5) is 4.77. The molecule has 0 aliphatic rings. The van der Waals surface area contributed by atoms with Crippen molar-refractivity contribution in [1.29, 1.82) is 0 Å². The lowest BCUT2D eigenvalue weighted by Crippen LogP contribution is -1.99. The molecule has 2 nitrogen and oxygen atoms in total. The third kappa shape index (κ3) is 9.57. The average molecular weight is 383 g/mol. The van der Waals surface area contributed by atoms with Crippen LogP contribution in [0.5, 0.6) is 0 Å². The second kappa shape index (κ2) is 14.4. The topological polar surface area (TPSA) is 17.8 Å². The van der Waals surface area contributed by atoms with Crippen molar-refractivity contribution < 1.29 is 0 Å². The molecule has 0 spiro atoms. The molecule has 1 heterocycles. The van der Waals surface area contributed by atoms with E-state index in [4.69, 9.17) is 4.98 Å². The van der Waals surface area contributed by atoms with Gasteiger partial charge in [-0.25, -0.2) is 4.98 Å². The molecule has 0 aliphatic heterocycles. The maximum Gasteiger partial charge on any atom is 0.105 e. The molecule has 0 N–H and O–H groups in total. The van der Waals surface area contributed by atoms with Gasteiger partial charge in [-0.2, -0.15) is 0 Å². The number of hydrogen-bond donors (Lipinski definition) is 0. The van der Waals surface area contributed by atoms with Crippen LogP contribution in [0.4, 0.5) is 0 Å². The SMILES string of the molecule is CCCCCCCCCCCCCn1cc(CCCc2ccccc2)nc1C. The fourth-order valence-electron chi connectivity index (χ4n) is 3.99. The van der Waals surface area contributed by atoms with Crippen LogP contribution < -0.4 is 0 Å². The highest BCUT2D eigenvalue weighted by atomic mass is 15.1. The predicted molar refractivity (Wildman–Crippen MR) is 122 cm³/mol. The molecule has 0 amide bonds. The van der Waals surface area contributed by atoms with E-state index >= 15 is 0 Å². The zero-order chi connectivity index (χ0) is 19.9. The van der Waals surface area contributed by atoms with Gasteiger partial charge in [0.15, 0.2) is 0 Å². The van der Waals surface area contributed by atoms with Crippen molar-refractivity contribution in [1.82, 2.24) is 9.55 Å². The molecule has 1 aromatic carbocycles. The van der Waals surface area contributed by atoms with Crippen molar-refractivity contribution in [2.24, 2.45) is 0 Å². The first-order chi connectivity index (χ1) is 13.8. The summed E-state index contributed by atoms with van der Waals surface area (Å²) in [5.41, 5.74) is 2.69. The van der Waals surface area contributed by atoms with E-state index in [0.29, 0.717) is 0 Å². The second-order valence-electron chi connectivity index (χ2n) is 8.35. The van der Waals surface area contributed by atoms with Crippen molar-refractivity contribution in [2.75, 3.05) is 0 Å². The molecule has 28 heavy (non-hydrogen) atoms. The lowest BCUT2D eigenvalue weighted by atomic mass is 10.1. The molecule has 2 rings (SSSR count). The van der Waals surface area contributed by atoms with E-state index in [0.717, 1.165) is 19.4 Å². The molecule has 0 saturated carbocycles. The van der Waals surface area contributed by atoms with Crippen LogP contribution in [0.1, 0.15) is 101 Å². The Hall–Kier alpha value is -1.57. The van der Waals surface area contributed by atoms with Gasteiger partial charge in [0.05, 0.1) is 5.69 Å². The van der Waals surface area contributed by atoms with Crippen LogP contribution in [0, 0.1) is 6.92 Å². The Bertz CT molecular complexity index is 615. The highest BCUT2D eigenvalue weighted by molar-refractivity contribution is 5.15. The monoisotopic (exact) mass is 382 g/mol. The van der Waals surface area contributed by atoms with Gasteiger partial charge in [-0.15, -0.1) is 0 Å². The van der Waals surface area contributed by atoms with Gasteiger partial charge in [0.2, 0.25) is 0 Å². The van der Waals surface area contributed by atoms with Gasteiger partial charge in [-0.3, -0.25) is 0 Å². The number of nitrogens with zero attached hydrogens (tertiary/aromatic N) is 2. The lowest BCUT2D eigenvalue weighted by Gasteiger charge is -2.05. The molecule has 0 unspecified atom stereocenters. The summed E-state index contributed by atoms with van der Waals surface area (Å²) < 4.78 is 2.37. The maximum atomic E-state index is 4.77. The third-order valence-electron chi connectivity index (χ3n) is 5.77. The summed E-state index contributed by atoms with van der Waals surface area (Å²) in [7, 11) is 0. The minimum atomic E-state index is 1.08. The van der Waals surface area contributed by atoms with Crippen LogP contribution in [-0.4, -0.2) is 9.55 Å². The molecule has 0 bridgehead atoms. The van der Waals surface area contributed by atoms with E-state index in [1.54, 1.807) is 0 Å². The second-order valence-corrected chi connectivity index (χ2v) is 8.35. The summed E-state index contributed by atoms with van der Waals surface area (Å²) >= 11 is 0. The van der Waals surface area contributed by atoms with Gasteiger partial charge >= 0.3 is 0 Å². The van der Waals surface area contributed by atoms with Crippen molar-refractivity contribution in [2.45, 2.75) is 110 Å². The molecule has 1 aromatic heterocycles. The van der Waals surface area contributed by atoms with Crippen molar-refractivity contribution in [3.63, 3.8) is 0 Å². The Morgan fingerprint density at radius 1 is 0.714 bits per heavy atom. The Morgan fingerprint density at radius 3 is 1.96 bits per heavy atom. The molecule has 0 fully saturated rings. The van der Waals surface area contributed by atoms with Gasteiger partial charge in [0.25, 0.3) is 0 Å². The first-order valence-electron chi connectivity index (χ1n) is 11.9. The van der Waals surface area contributed by atoms with Crippen LogP contribution in [0.2, 0.25) is 0 Å². The predicted octanol–water partition coefficient (Wildman–Crippen LogP) is 7.68. The Labute approximate surface area is 173 Å². The molecule has 2 aromatic rings. The van der Waals surface area contributed by atoms with E-state index in [1.807, 2.05) is 0 Å². The minimum Gasteiger partial charge on any atom is -0.335 e. The van der Waals surface area contributed by atoms with E-state index < -0.39 is 0 Å². The summed E-state index contributed by atoms with van der Waals surface area (Å²) in [5.74, 6) is 1.18. The lowest BCUT2D eigenvalue weighted by molar-refractivity contribution is 0.528. The fraction of sp³-hybridized carbons (Fsp3) is 0.654. The van der Waals surface area contributed by atoms with Gasteiger partial charge in [0.1, 0.15) is 5.82 Å². The zero-order valence-corrected chi connectivity index (χ0v) is 18.5. The number of aromatic nitrogens is 2. The van der Waals surface area contributed by atoms with E-state index in [-0.39, 0.29) is 0 Å². The van der Waals surface area contributed by atoms with Crippen molar-refractivity contribution in [3.8, 4) is 0 Å². The summed E-state index contributed by atoms with van der Waals surface area (Å²) in [6.07, 6.45) is 21.1. The molecule has 0 atom stereocenters. The largest absolute Gasteiger partial charge is 0.335 e. The number of benzene rings is 1. The first-order valence-corrected chi connectivity index (χ1v) is 11.9. The van der Waals surface area contributed by atoms with Gasteiger partial charge < -0.3 is 4.57 Å². The number of unbranched alkanes of at least 4 members (excludes halogenated alkanes) is 10. The van der Waals surface area contributed by atoms with E-state index in [2.05, 4.69) is 54.9 Å². The quantitative estimate of drug-likeness (QED) is 0.272. The molecule has 0 saturated heterocycles. The molecule has 156 valence electrons.